The number of sulfonamides is 1. The molecule has 24 heavy (non-hydrogen) atoms. The van der Waals surface area contributed by atoms with Crippen LogP contribution in [0.2, 0.25) is 0 Å². The van der Waals surface area contributed by atoms with E-state index in [2.05, 4.69) is 25.4 Å². The average Bonchev–Trinajstić information content (AvgIpc) is 3.16. The number of anilines is 2. The van der Waals surface area contributed by atoms with Gasteiger partial charge in [-0.2, -0.15) is 0 Å². The molecule has 0 aliphatic heterocycles. The zero-order chi connectivity index (χ0) is 17.2. The van der Waals surface area contributed by atoms with Gasteiger partial charge in [0.05, 0.1) is 12.8 Å². The minimum Gasteiger partial charge on any atom is -0.467 e. The molecule has 0 spiro atoms. The summed E-state index contributed by atoms with van der Waals surface area (Å²) in [6, 6.07) is 6.73. The van der Waals surface area contributed by atoms with Crippen molar-refractivity contribution < 1.29 is 17.4 Å². The molecule has 3 rings (SSSR count). The third kappa shape index (κ3) is 3.38. The topological polar surface area (TPSA) is 123 Å². The maximum Gasteiger partial charge on any atom is 0.268 e. The van der Waals surface area contributed by atoms with Crippen molar-refractivity contribution >= 4 is 21.7 Å². The number of furan rings is 1. The van der Waals surface area contributed by atoms with E-state index < -0.39 is 10.0 Å². The van der Waals surface area contributed by atoms with Crippen molar-refractivity contribution in [3.05, 3.63) is 47.7 Å². The second-order valence-corrected chi connectivity index (χ2v) is 6.61. The molecular formula is C14H15N5O4S. The van der Waals surface area contributed by atoms with E-state index in [1.165, 1.54) is 13.0 Å². The summed E-state index contributed by atoms with van der Waals surface area (Å²) in [6.07, 6.45) is 1.58. The summed E-state index contributed by atoms with van der Waals surface area (Å²) in [7, 11) is -3.84. The number of rotatable bonds is 6. The van der Waals surface area contributed by atoms with Gasteiger partial charge >= 0.3 is 0 Å². The molecule has 0 aromatic carbocycles. The van der Waals surface area contributed by atoms with E-state index in [0.29, 0.717) is 12.4 Å². The molecule has 3 heterocycles. The van der Waals surface area contributed by atoms with E-state index in [-0.39, 0.29) is 22.2 Å². The molecule has 0 bridgehead atoms. The van der Waals surface area contributed by atoms with Gasteiger partial charge in [0.2, 0.25) is 0 Å². The fraction of sp³-hybridized carbons (Fsp3) is 0.214. The van der Waals surface area contributed by atoms with E-state index in [9.17, 15) is 8.42 Å². The first-order valence-electron chi connectivity index (χ1n) is 7.01. The highest BCUT2D eigenvalue weighted by atomic mass is 32.2. The van der Waals surface area contributed by atoms with Gasteiger partial charge in [0.15, 0.2) is 16.5 Å². The SMILES string of the molecule is Cc1noc(C)c1S(=O)(=O)Nc1ccc(NCc2ccco2)nn1. The van der Waals surface area contributed by atoms with Gasteiger partial charge in [-0.3, -0.25) is 4.72 Å². The van der Waals surface area contributed by atoms with Gasteiger partial charge in [-0.1, -0.05) is 5.16 Å². The Morgan fingerprint density at radius 1 is 1.12 bits per heavy atom. The normalized spacial score (nSPS) is 11.4. The lowest BCUT2D eigenvalue weighted by Gasteiger charge is -2.07. The summed E-state index contributed by atoms with van der Waals surface area (Å²) in [5.41, 5.74) is 0.282. The first kappa shape index (κ1) is 16.0. The van der Waals surface area contributed by atoms with Crippen LogP contribution in [0.25, 0.3) is 0 Å². The van der Waals surface area contributed by atoms with Crippen molar-refractivity contribution in [3.63, 3.8) is 0 Å². The van der Waals surface area contributed by atoms with Crippen LogP contribution in [0.4, 0.5) is 11.6 Å². The Hall–Kier alpha value is -2.88. The fourth-order valence-electron chi connectivity index (χ4n) is 2.12. The minimum absolute atomic E-state index is 0.00400. The van der Waals surface area contributed by atoms with Gasteiger partial charge in [-0.15, -0.1) is 10.2 Å². The van der Waals surface area contributed by atoms with E-state index >= 15 is 0 Å². The lowest BCUT2D eigenvalue weighted by molar-refractivity contribution is 0.390. The van der Waals surface area contributed by atoms with Crippen LogP contribution < -0.4 is 10.0 Å². The van der Waals surface area contributed by atoms with Crippen LogP contribution >= 0.6 is 0 Å². The molecule has 9 nitrogen and oxygen atoms in total. The monoisotopic (exact) mass is 349 g/mol. The smallest absolute Gasteiger partial charge is 0.268 e. The molecule has 10 heteroatoms. The first-order valence-corrected chi connectivity index (χ1v) is 8.50. The zero-order valence-electron chi connectivity index (χ0n) is 13.0. The molecule has 0 unspecified atom stereocenters. The van der Waals surface area contributed by atoms with Gasteiger partial charge in [-0.05, 0) is 38.1 Å². The van der Waals surface area contributed by atoms with E-state index in [0.717, 1.165) is 5.76 Å². The van der Waals surface area contributed by atoms with Crippen LogP contribution in [0.15, 0.2) is 44.4 Å². The molecule has 0 amide bonds. The Kier molecular flexibility index (Phi) is 4.21. The van der Waals surface area contributed by atoms with Crippen molar-refractivity contribution in [3.8, 4) is 0 Å². The molecule has 0 aliphatic rings. The second kappa shape index (κ2) is 6.32. The average molecular weight is 349 g/mol. The van der Waals surface area contributed by atoms with E-state index in [1.54, 1.807) is 25.3 Å². The first-order chi connectivity index (χ1) is 11.5. The summed E-state index contributed by atoms with van der Waals surface area (Å²) in [5.74, 6) is 1.55. The van der Waals surface area contributed by atoms with Crippen molar-refractivity contribution in [2.24, 2.45) is 0 Å². The molecule has 126 valence electrons. The largest absolute Gasteiger partial charge is 0.467 e. The summed E-state index contributed by atoms with van der Waals surface area (Å²) >= 11 is 0. The molecule has 0 saturated carbocycles. The van der Waals surface area contributed by atoms with Gasteiger partial charge < -0.3 is 14.3 Å². The number of hydrogen-bond acceptors (Lipinski definition) is 8. The number of aryl methyl sites for hydroxylation is 2. The summed E-state index contributed by atoms with van der Waals surface area (Å²) < 4.78 is 37.2. The molecule has 2 N–H and O–H groups in total. The summed E-state index contributed by atoms with van der Waals surface area (Å²) in [5, 5.41) is 14.4. The zero-order valence-corrected chi connectivity index (χ0v) is 13.8. The molecule has 0 saturated heterocycles. The highest BCUT2D eigenvalue weighted by molar-refractivity contribution is 7.92. The molecule has 3 aromatic rings. The number of hydrogen-bond donors (Lipinski definition) is 2. The summed E-state index contributed by atoms with van der Waals surface area (Å²) in [4.78, 5) is 0.00400. The molecule has 3 aromatic heterocycles. The van der Waals surface area contributed by atoms with Gasteiger partial charge in [-0.25, -0.2) is 8.42 Å². The van der Waals surface area contributed by atoms with E-state index in [1.807, 2.05) is 6.07 Å². The standard InChI is InChI=1S/C14H15N5O4S/c1-9-14(10(2)23-18-9)24(20,21)19-13-6-5-12(16-17-13)15-8-11-4-3-7-22-11/h3-7H,8H2,1-2H3,(H,15,16)(H,17,19). The maximum absolute atomic E-state index is 12.4. The Morgan fingerprint density at radius 2 is 1.88 bits per heavy atom. The third-order valence-electron chi connectivity index (χ3n) is 3.16. The maximum atomic E-state index is 12.4. The van der Waals surface area contributed by atoms with Crippen molar-refractivity contribution in [1.82, 2.24) is 15.4 Å². The Labute approximate surface area is 138 Å². The Bertz CT molecular complexity index is 897. The quantitative estimate of drug-likeness (QED) is 0.693. The molecule has 0 radical (unpaired) electrons. The van der Waals surface area contributed by atoms with Crippen molar-refractivity contribution in [2.45, 2.75) is 25.3 Å². The number of nitrogens with one attached hydrogen (secondary N) is 2. The van der Waals surface area contributed by atoms with Gasteiger partial charge in [0.25, 0.3) is 10.0 Å². The highest BCUT2D eigenvalue weighted by Gasteiger charge is 2.24. The minimum atomic E-state index is -3.84. The van der Waals surface area contributed by atoms with Crippen LogP contribution in [-0.4, -0.2) is 23.8 Å². The number of nitrogens with zero attached hydrogens (tertiary/aromatic N) is 3. The molecule has 0 aliphatic carbocycles. The Morgan fingerprint density at radius 3 is 2.46 bits per heavy atom. The van der Waals surface area contributed by atoms with Crippen molar-refractivity contribution in [2.75, 3.05) is 10.0 Å². The third-order valence-corrected chi connectivity index (χ3v) is 4.76. The Balaban J connectivity index is 1.70. The van der Waals surface area contributed by atoms with E-state index in [4.69, 9.17) is 8.94 Å². The van der Waals surface area contributed by atoms with Crippen LogP contribution in [0.1, 0.15) is 17.2 Å². The predicted molar refractivity (Wildman–Crippen MR) is 84.9 cm³/mol. The molecule has 0 fully saturated rings. The van der Waals surface area contributed by atoms with Crippen LogP contribution in [-0.2, 0) is 16.6 Å². The highest BCUT2D eigenvalue weighted by Crippen LogP contribution is 2.21. The second-order valence-electron chi connectivity index (χ2n) is 5.00. The molecule has 0 atom stereocenters. The van der Waals surface area contributed by atoms with Crippen LogP contribution in [0, 0.1) is 13.8 Å². The van der Waals surface area contributed by atoms with Crippen LogP contribution in [0.5, 0.6) is 0 Å². The van der Waals surface area contributed by atoms with Crippen LogP contribution in [0.3, 0.4) is 0 Å². The predicted octanol–water partition coefficient (Wildman–Crippen LogP) is 2.09. The summed E-state index contributed by atoms with van der Waals surface area (Å²) in [6.45, 7) is 3.53. The lowest BCUT2D eigenvalue weighted by Crippen LogP contribution is -2.16. The molecular weight excluding hydrogens is 334 g/mol. The van der Waals surface area contributed by atoms with Crippen molar-refractivity contribution in [1.29, 1.82) is 0 Å². The lowest BCUT2D eigenvalue weighted by atomic mass is 10.4. The van der Waals surface area contributed by atoms with Gasteiger partial charge in [0.1, 0.15) is 17.3 Å². The number of aromatic nitrogens is 3. The van der Waals surface area contributed by atoms with Gasteiger partial charge in [0, 0.05) is 0 Å². The fourth-order valence-corrected chi connectivity index (χ4v) is 3.45.